The molecule has 0 aromatic heterocycles. The van der Waals surface area contributed by atoms with Gasteiger partial charge >= 0.3 is 0 Å². The van der Waals surface area contributed by atoms with Crippen LogP contribution in [0.2, 0.25) is 0 Å². The van der Waals surface area contributed by atoms with Gasteiger partial charge in [0.25, 0.3) is 0 Å². The van der Waals surface area contributed by atoms with Gasteiger partial charge in [-0.3, -0.25) is 0 Å². The smallest absolute Gasteiger partial charge is 0.0269 e. The molecule has 0 aromatic rings. The average Bonchev–Trinajstić information content (AvgIpc) is 1.84. The van der Waals surface area contributed by atoms with Gasteiger partial charge in [0.15, 0.2) is 0 Å². The summed E-state index contributed by atoms with van der Waals surface area (Å²) < 4.78 is 0. The van der Waals surface area contributed by atoms with Crippen molar-refractivity contribution in [3.8, 4) is 0 Å². The van der Waals surface area contributed by atoms with E-state index in [1.165, 1.54) is 5.17 Å². The summed E-state index contributed by atoms with van der Waals surface area (Å²) >= 11 is 0. The van der Waals surface area contributed by atoms with Crippen molar-refractivity contribution >= 4 is 20.1 Å². The third-order valence-electron chi connectivity index (χ3n) is 1.27. The Morgan fingerprint density at radius 1 is 1.88 bits per heavy atom. The van der Waals surface area contributed by atoms with Gasteiger partial charge in [-0.25, -0.2) is 0 Å². The highest BCUT2D eigenvalue weighted by atomic mass is 28.1. The van der Waals surface area contributed by atoms with E-state index < -0.39 is 0 Å². The van der Waals surface area contributed by atoms with Crippen molar-refractivity contribution in [2.75, 3.05) is 0 Å². The first kappa shape index (κ1) is 7.92. The fourth-order valence-electron chi connectivity index (χ4n) is 0.437. The maximum absolute atomic E-state index is 5.66. The SMILES string of the molecule is C=[Si]=C(C)C(N)CC. The van der Waals surface area contributed by atoms with Gasteiger partial charge in [0.2, 0.25) is 0 Å². The van der Waals surface area contributed by atoms with E-state index in [4.69, 9.17) is 5.73 Å². The zero-order valence-electron chi connectivity index (χ0n) is 5.57. The Labute approximate surface area is 53.0 Å². The topological polar surface area (TPSA) is 26.0 Å². The monoisotopic (exact) mass is 127 g/mol. The summed E-state index contributed by atoms with van der Waals surface area (Å²) in [5.41, 5.74) is 5.66. The molecule has 0 bridgehead atoms. The molecule has 0 saturated carbocycles. The molecular weight excluding hydrogens is 114 g/mol. The lowest BCUT2D eigenvalue weighted by Crippen LogP contribution is -2.28. The van der Waals surface area contributed by atoms with Crippen molar-refractivity contribution in [1.82, 2.24) is 0 Å². The molecule has 0 rings (SSSR count). The van der Waals surface area contributed by atoms with E-state index in [-0.39, 0.29) is 6.04 Å². The number of nitrogens with two attached hydrogens (primary N) is 1. The molecule has 1 atom stereocenters. The van der Waals surface area contributed by atoms with E-state index in [0.717, 1.165) is 6.42 Å². The van der Waals surface area contributed by atoms with E-state index in [9.17, 15) is 0 Å². The number of rotatable bonds is 2. The van der Waals surface area contributed by atoms with Crippen LogP contribution in [0.15, 0.2) is 0 Å². The first-order chi connectivity index (χ1) is 3.72. The minimum atomic E-state index is 0.283. The Morgan fingerprint density at radius 3 is 2.50 bits per heavy atom. The first-order valence-corrected chi connectivity index (χ1v) is 4.05. The Morgan fingerprint density at radius 2 is 2.38 bits per heavy atom. The van der Waals surface area contributed by atoms with Gasteiger partial charge in [0, 0.05) is 6.04 Å². The molecule has 0 spiro atoms. The van der Waals surface area contributed by atoms with E-state index in [1.54, 1.807) is 0 Å². The van der Waals surface area contributed by atoms with E-state index in [0.29, 0.717) is 8.74 Å². The summed E-state index contributed by atoms with van der Waals surface area (Å²) in [7, 11) is 0.660. The van der Waals surface area contributed by atoms with Gasteiger partial charge in [0.1, 0.15) is 0 Å². The Bertz CT molecular complexity index is 114. The standard InChI is InChI=1S/C6H13NSi/c1-4-6(7)5(2)8-3/h6H,3-4,7H2,1-2H3. The van der Waals surface area contributed by atoms with Crippen LogP contribution in [0.5, 0.6) is 0 Å². The zero-order chi connectivity index (χ0) is 6.57. The van der Waals surface area contributed by atoms with Crippen molar-refractivity contribution in [2.45, 2.75) is 26.3 Å². The van der Waals surface area contributed by atoms with Crippen molar-refractivity contribution in [3.63, 3.8) is 0 Å². The molecule has 2 N–H and O–H groups in total. The van der Waals surface area contributed by atoms with Crippen LogP contribution in [0.25, 0.3) is 0 Å². The van der Waals surface area contributed by atoms with Crippen LogP contribution in [0.3, 0.4) is 0 Å². The largest absolute Gasteiger partial charge is 0.324 e. The minimum absolute atomic E-state index is 0.283. The fourth-order valence-corrected chi connectivity index (χ4v) is 0.904. The molecule has 0 saturated heterocycles. The molecule has 46 valence electrons. The molecular formula is C6H13NSi. The summed E-state index contributed by atoms with van der Waals surface area (Å²) in [5.74, 6) is 0. The third kappa shape index (κ3) is 2.28. The van der Waals surface area contributed by atoms with Crippen molar-refractivity contribution in [2.24, 2.45) is 5.73 Å². The fraction of sp³-hybridized carbons (Fsp3) is 0.667. The predicted molar refractivity (Wildman–Crippen MR) is 41.8 cm³/mol. The van der Waals surface area contributed by atoms with Crippen LogP contribution in [-0.4, -0.2) is 26.1 Å². The summed E-state index contributed by atoms with van der Waals surface area (Å²) in [6.07, 6.45) is 4.80. The molecule has 2 heteroatoms. The summed E-state index contributed by atoms with van der Waals surface area (Å²) in [6, 6.07) is 0.283. The normalized spacial score (nSPS) is 12.4. The van der Waals surface area contributed by atoms with Crippen LogP contribution in [0, 0.1) is 0 Å². The van der Waals surface area contributed by atoms with Gasteiger partial charge < -0.3 is 5.73 Å². The second kappa shape index (κ2) is 3.86. The molecule has 0 aliphatic carbocycles. The Hall–Kier alpha value is -0.0831. The van der Waals surface area contributed by atoms with Crippen molar-refractivity contribution in [3.05, 3.63) is 0 Å². The third-order valence-corrected chi connectivity index (χ3v) is 2.20. The molecule has 0 aromatic carbocycles. The van der Waals surface area contributed by atoms with Crippen LogP contribution < -0.4 is 5.73 Å². The second-order valence-corrected chi connectivity index (χ2v) is 3.02. The lowest BCUT2D eigenvalue weighted by molar-refractivity contribution is 0.825. The van der Waals surface area contributed by atoms with Crippen molar-refractivity contribution in [1.29, 1.82) is 0 Å². The summed E-state index contributed by atoms with van der Waals surface area (Å²) in [5, 5.41) is 1.33. The summed E-state index contributed by atoms with van der Waals surface area (Å²) in [4.78, 5) is 0. The predicted octanol–water partition coefficient (Wildman–Crippen LogP) is 0.0522. The molecule has 0 fully saturated rings. The van der Waals surface area contributed by atoms with Gasteiger partial charge in [0.05, 0.1) is 0 Å². The minimum Gasteiger partial charge on any atom is -0.324 e. The molecule has 0 radical (unpaired) electrons. The molecule has 0 aliphatic heterocycles. The molecule has 0 aliphatic rings. The van der Waals surface area contributed by atoms with Gasteiger partial charge in [-0.2, -0.15) is 0 Å². The molecule has 1 unspecified atom stereocenters. The average molecular weight is 127 g/mol. The molecule has 8 heavy (non-hydrogen) atoms. The highest BCUT2D eigenvalue weighted by molar-refractivity contribution is 6.57. The van der Waals surface area contributed by atoms with Gasteiger partial charge in [-0.1, -0.05) is 13.1 Å². The lowest BCUT2D eigenvalue weighted by Gasteiger charge is -2.04. The number of hydrogen-bond donors (Lipinski definition) is 1. The van der Waals surface area contributed by atoms with Crippen LogP contribution in [0.4, 0.5) is 0 Å². The number of hydrogen-bond acceptors (Lipinski definition) is 1. The maximum Gasteiger partial charge on any atom is 0.0269 e. The van der Waals surface area contributed by atoms with Gasteiger partial charge in [-0.15, -0.1) is 0 Å². The Kier molecular flexibility index (Phi) is 3.82. The highest BCUT2D eigenvalue weighted by Gasteiger charge is 1.96. The summed E-state index contributed by atoms with van der Waals surface area (Å²) in [6.45, 7) is 4.16. The zero-order valence-corrected chi connectivity index (χ0v) is 6.57. The quantitative estimate of drug-likeness (QED) is 0.521. The Balaban J connectivity index is 3.82. The lowest BCUT2D eigenvalue weighted by atomic mass is 10.2. The maximum atomic E-state index is 5.66. The van der Waals surface area contributed by atoms with Crippen LogP contribution in [-0.2, 0) is 0 Å². The molecule has 0 heterocycles. The van der Waals surface area contributed by atoms with E-state index in [1.807, 2.05) is 0 Å². The first-order valence-electron chi connectivity index (χ1n) is 2.84. The molecule has 1 nitrogen and oxygen atoms in total. The van der Waals surface area contributed by atoms with Crippen molar-refractivity contribution < 1.29 is 0 Å². The molecule has 0 amide bonds. The van der Waals surface area contributed by atoms with E-state index in [2.05, 4.69) is 20.0 Å². The van der Waals surface area contributed by atoms with Gasteiger partial charge in [-0.05, 0) is 27.3 Å². The van der Waals surface area contributed by atoms with Crippen LogP contribution in [0.1, 0.15) is 20.3 Å². The second-order valence-electron chi connectivity index (χ2n) is 1.87. The highest BCUT2D eigenvalue weighted by Crippen LogP contribution is 1.84. The van der Waals surface area contributed by atoms with Crippen LogP contribution >= 0.6 is 0 Å². The van der Waals surface area contributed by atoms with E-state index >= 15 is 0 Å².